The van der Waals surface area contributed by atoms with Crippen molar-refractivity contribution in [2.75, 3.05) is 11.1 Å². The second-order valence-corrected chi connectivity index (χ2v) is 9.17. The Morgan fingerprint density at radius 2 is 1.89 bits per heavy atom. The van der Waals surface area contributed by atoms with Gasteiger partial charge in [0.2, 0.25) is 11.8 Å². The number of rotatable bonds is 4. The molecule has 0 bridgehead atoms. The van der Waals surface area contributed by atoms with Crippen LogP contribution in [-0.4, -0.2) is 40.8 Å². The van der Waals surface area contributed by atoms with Crippen LogP contribution in [0.15, 0.2) is 29.2 Å². The number of amides is 3. The molecule has 0 saturated heterocycles. The number of anilines is 1. The van der Waals surface area contributed by atoms with Gasteiger partial charge < -0.3 is 20.7 Å². The third kappa shape index (κ3) is 6.78. The highest BCUT2D eigenvalue weighted by atomic mass is 32.2. The van der Waals surface area contributed by atoms with Gasteiger partial charge in [-0.3, -0.25) is 9.59 Å². The average molecular weight is 394 g/mol. The van der Waals surface area contributed by atoms with Gasteiger partial charge in [-0.05, 0) is 46.8 Å². The number of hydrogen-bond acceptors (Lipinski definition) is 5. The highest BCUT2D eigenvalue weighted by Crippen LogP contribution is 2.30. The summed E-state index contributed by atoms with van der Waals surface area (Å²) in [6.45, 7) is 8.77. The molecule has 7 nitrogen and oxygen atoms in total. The summed E-state index contributed by atoms with van der Waals surface area (Å²) in [5, 5.41) is 8.28. The van der Waals surface area contributed by atoms with Gasteiger partial charge in [-0.25, -0.2) is 4.79 Å². The molecule has 2 rings (SSSR count). The molecule has 3 N–H and O–H groups in total. The Bertz CT molecular complexity index is 728. The molecular formula is C19H27N3O4S. The number of thioether (sulfide) groups is 1. The first-order valence-electron chi connectivity index (χ1n) is 8.78. The van der Waals surface area contributed by atoms with Gasteiger partial charge in [-0.15, -0.1) is 11.8 Å². The van der Waals surface area contributed by atoms with Gasteiger partial charge in [-0.2, -0.15) is 0 Å². The molecule has 148 valence electrons. The molecule has 0 radical (unpaired) electrons. The monoisotopic (exact) mass is 393 g/mol. The van der Waals surface area contributed by atoms with E-state index < -0.39 is 23.3 Å². The number of alkyl carbamates (subject to hydrolysis) is 1. The van der Waals surface area contributed by atoms with Gasteiger partial charge in [0.15, 0.2) is 0 Å². The summed E-state index contributed by atoms with van der Waals surface area (Å²) in [5.41, 5.74) is -0.687. The molecule has 1 aromatic rings. The SMILES string of the molecule is CC(C)(CC(=O)N[C@@H]1CSc2ccccc2NC1=O)NC(=O)OC(C)(C)C. The van der Waals surface area contributed by atoms with Crippen LogP contribution in [0.4, 0.5) is 10.5 Å². The van der Waals surface area contributed by atoms with Crippen molar-refractivity contribution < 1.29 is 19.1 Å². The second kappa shape index (κ2) is 8.21. The van der Waals surface area contributed by atoms with Crippen LogP contribution in [0.2, 0.25) is 0 Å². The third-order valence-corrected chi connectivity index (χ3v) is 4.81. The zero-order valence-corrected chi connectivity index (χ0v) is 17.2. The summed E-state index contributed by atoms with van der Waals surface area (Å²) in [4.78, 5) is 37.7. The minimum absolute atomic E-state index is 0.0215. The Kier molecular flexibility index (Phi) is 6.41. The molecule has 27 heavy (non-hydrogen) atoms. The smallest absolute Gasteiger partial charge is 0.408 e. The molecule has 1 aliphatic rings. The van der Waals surface area contributed by atoms with Crippen LogP contribution in [-0.2, 0) is 14.3 Å². The van der Waals surface area contributed by atoms with E-state index in [-0.39, 0.29) is 18.2 Å². The summed E-state index contributed by atoms with van der Waals surface area (Å²) >= 11 is 1.51. The highest BCUT2D eigenvalue weighted by molar-refractivity contribution is 7.99. The lowest BCUT2D eigenvalue weighted by molar-refractivity contribution is -0.126. The molecule has 3 amide bonds. The fourth-order valence-corrected chi connectivity index (χ4v) is 3.57. The van der Waals surface area contributed by atoms with Crippen molar-refractivity contribution in [3.63, 3.8) is 0 Å². The molecule has 0 aromatic heterocycles. The number of carbonyl (C=O) groups excluding carboxylic acids is 3. The zero-order valence-electron chi connectivity index (χ0n) is 16.3. The topological polar surface area (TPSA) is 96.5 Å². The van der Waals surface area contributed by atoms with Crippen molar-refractivity contribution in [1.82, 2.24) is 10.6 Å². The van der Waals surface area contributed by atoms with Crippen molar-refractivity contribution >= 4 is 35.4 Å². The van der Waals surface area contributed by atoms with E-state index in [0.29, 0.717) is 5.75 Å². The number of para-hydroxylation sites is 1. The maximum atomic E-state index is 12.4. The molecular weight excluding hydrogens is 366 g/mol. The predicted molar refractivity (Wildman–Crippen MR) is 106 cm³/mol. The lowest BCUT2D eigenvalue weighted by Crippen LogP contribution is -2.51. The summed E-state index contributed by atoms with van der Waals surface area (Å²) < 4.78 is 5.23. The molecule has 8 heteroatoms. The number of nitrogens with one attached hydrogen (secondary N) is 3. The van der Waals surface area contributed by atoms with Gasteiger partial charge in [0.1, 0.15) is 11.6 Å². The maximum Gasteiger partial charge on any atom is 0.408 e. The van der Waals surface area contributed by atoms with Crippen LogP contribution in [0, 0.1) is 0 Å². The van der Waals surface area contributed by atoms with Crippen molar-refractivity contribution in [1.29, 1.82) is 0 Å². The quantitative estimate of drug-likeness (QED) is 0.731. The molecule has 1 aromatic carbocycles. The molecule has 0 fully saturated rings. The Labute approximate surface area is 164 Å². The van der Waals surface area contributed by atoms with Gasteiger partial charge in [0.05, 0.1) is 5.69 Å². The van der Waals surface area contributed by atoms with Crippen LogP contribution < -0.4 is 16.0 Å². The van der Waals surface area contributed by atoms with E-state index in [1.807, 2.05) is 24.3 Å². The first-order valence-corrected chi connectivity index (χ1v) is 9.77. The van der Waals surface area contributed by atoms with Gasteiger partial charge >= 0.3 is 6.09 Å². The van der Waals surface area contributed by atoms with Crippen molar-refractivity contribution in [3.05, 3.63) is 24.3 Å². The Hall–Kier alpha value is -2.22. The summed E-state index contributed by atoms with van der Waals surface area (Å²) in [6.07, 6.45) is -0.563. The maximum absolute atomic E-state index is 12.4. The van der Waals surface area contributed by atoms with Crippen LogP contribution in [0.3, 0.4) is 0 Å². The summed E-state index contributed by atoms with van der Waals surface area (Å²) in [7, 11) is 0. The second-order valence-electron chi connectivity index (χ2n) is 8.10. The Morgan fingerprint density at radius 1 is 1.22 bits per heavy atom. The largest absolute Gasteiger partial charge is 0.444 e. The first kappa shape index (κ1) is 21.1. The number of ether oxygens (including phenoxy) is 1. The summed E-state index contributed by atoms with van der Waals surface area (Å²) in [6, 6.07) is 6.87. The van der Waals surface area contributed by atoms with E-state index in [1.165, 1.54) is 11.8 Å². The van der Waals surface area contributed by atoms with Crippen LogP contribution in [0.5, 0.6) is 0 Å². The molecule has 1 atom stereocenters. The fraction of sp³-hybridized carbons (Fsp3) is 0.526. The van der Waals surface area contributed by atoms with Crippen LogP contribution in [0.1, 0.15) is 41.0 Å². The van der Waals surface area contributed by atoms with E-state index >= 15 is 0 Å². The minimum Gasteiger partial charge on any atom is -0.444 e. The van der Waals surface area contributed by atoms with Crippen LogP contribution in [0.25, 0.3) is 0 Å². The average Bonchev–Trinajstić information content (AvgIpc) is 2.63. The number of carbonyl (C=O) groups is 3. The van der Waals surface area contributed by atoms with Crippen LogP contribution >= 0.6 is 11.8 Å². The number of fused-ring (bicyclic) bond motifs is 1. The van der Waals surface area contributed by atoms with E-state index in [2.05, 4.69) is 16.0 Å². The van der Waals surface area contributed by atoms with E-state index in [1.54, 1.807) is 34.6 Å². The minimum atomic E-state index is -0.816. The lowest BCUT2D eigenvalue weighted by atomic mass is 10.0. The zero-order chi connectivity index (χ0) is 20.2. The molecule has 0 saturated carbocycles. The van der Waals surface area contributed by atoms with Crippen molar-refractivity contribution in [3.8, 4) is 0 Å². The summed E-state index contributed by atoms with van der Waals surface area (Å²) in [5.74, 6) is -0.129. The Morgan fingerprint density at radius 3 is 2.56 bits per heavy atom. The highest BCUT2D eigenvalue weighted by Gasteiger charge is 2.30. The first-order chi connectivity index (χ1) is 12.5. The lowest BCUT2D eigenvalue weighted by Gasteiger charge is -2.28. The van der Waals surface area contributed by atoms with Gasteiger partial charge in [0, 0.05) is 22.6 Å². The van der Waals surface area contributed by atoms with Gasteiger partial charge in [0.25, 0.3) is 0 Å². The molecule has 0 spiro atoms. The standard InChI is InChI=1S/C19H27N3O4S/c1-18(2,3)26-17(25)22-19(4,5)10-15(23)20-13-11-27-14-9-7-6-8-12(14)21-16(13)24/h6-9,13H,10-11H2,1-5H3,(H,20,23)(H,21,24)(H,22,25)/t13-/m1/s1. The number of hydrogen-bond donors (Lipinski definition) is 3. The van der Waals surface area contributed by atoms with E-state index in [0.717, 1.165) is 10.6 Å². The Balaban J connectivity index is 1.91. The van der Waals surface area contributed by atoms with Crippen molar-refractivity contribution in [2.24, 2.45) is 0 Å². The van der Waals surface area contributed by atoms with E-state index in [4.69, 9.17) is 4.74 Å². The molecule has 0 unspecified atom stereocenters. The molecule has 1 aliphatic heterocycles. The predicted octanol–water partition coefficient (Wildman–Crippen LogP) is 2.91. The third-order valence-electron chi connectivity index (χ3n) is 3.64. The molecule has 1 heterocycles. The van der Waals surface area contributed by atoms with Crippen molar-refractivity contribution in [2.45, 2.75) is 63.1 Å². The number of benzene rings is 1. The molecule has 0 aliphatic carbocycles. The van der Waals surface area contributed by atoms with E-state index in [9.17, 15) is 14.4 Å². The van der Waals surface area contributed by atoms with Gasteiger partial charge in [-0.1, -0.05) is 12.1 Å². The fourth-order valence-electron chi connectivity index (χ4n) is 2.54. The normalized spacial score (nSPS) is 17.2.